The summed E-state index contributed by atoms with van der Waals surface area (Å²) in [7, 11) is 0. The molecular formula is C28H28ClFN2O3. The van der Waals surface area contributed by atoms with E-state index in [0.717, 1.165) is 22.1 Å². The molecule has 4 rings (SSSR count). The Kier molecular flexibility index (Phi) is 6.71. The first-order chi connectivity index (χ1) is 16.4. The number of nitrogens with zero attached hydrogens (tertiary/aromatic N) is 2. The molecule has 1 atom stereocenters. The minimum atomic E-state index is -1.21. The summed E-state index contributed by atoms with van der Waals surface area (Å²) in [6.07, 6.45) is 0.621. The molecule has 0 aliphatic heterocycles. The number of ether oxygens (including phenoxy) is 1. The lowest BCUT2D eigenvalue weighted by molar-refractivity contribution is -0.160. The quantitative estimate of drug-likeness (QED) is 0.310. The van der Waals surface area contributed by atoms with Crippen LogP contribution in [0.15, 0.2) is 54.7 Å². The summed E-state index contributed by atoms with van der Waals surface area (Å²) in [6, 6.07) is 14.3. The maximum Gasteiger partial charge on any atom is 0.337 e. The Labute approximate surface area is 209 Å². The van der Waals surface area contributed by atoms with Gasteiger partial charge < -0.3 is 14.4 Å². The molecule has 0 bridgehead atoms. The Morgan fingerprint density at radius 2 is 1.83 bits per heavy atom. The van der Waals surface area contributed by atoms with Crippen molar-refractivity contribution in [2.45, 2.75) is 52.9 Å². The number of aliphatic carboxylic acids is 1. The largest absolute Gasteiger partial charge is 0.479 e. The summed E-state index contributed by atoms with van der Waals surface area (Å²) < 4.78 is 22.3. The van der Waals surface area contributed by atoms with Crippen molar-refractivity contribution in [3.05, 3.63) is 88.0 Å². The normalized spacial score (nSPS) is 12.8. The second-order valence-electron chi connectivity index (χ2n) is 9.72. The van der Waals surface area contributed by atoms with Crippen LogP contribution in [0.4, 0.5) is 4.39 Å². The third kappa shape index (κ3) is 5.24. The van der Waals surface area contributed by atoms with Crippen LogP contribution in [0.3, 0.4) is 0 Å². The molecule has 1 N–H and O–H groups in total. The summed E-state index contributed by atoms with van der Waals surface area (Å²) >= 11 is 6.10. The number of rotatable bonds is 6. The van der Waals surface area contributed by atoms with Crippen LogP contribution in [0.2, 0.25) is 5.02 Å². The van der Waals surface area contributed by atoms with Crippen LogP contribution in [-0.2, 0) is 16.1 Å². The van der Waals surface area contributed by atoms with Crippen molar-refractivity contribution in [3.8, 4) is 11.1 Å². The standard InChI is InChI=1S/C28H28ClFN2O3/c1-16-6-8-18(9-7-16)24-21-12-13-32(15-19-14-20(29)10-11-22(19)30)26(21)31-17(2)23(24)25(27(33)34)35-28(3,4)5/h6-14,25H,15H2,1-5H3,(H,33,34). The number of pyridine rings is 1. The van der Waals surface area contributed by atoms with Gasteiger partial charge in [-0.2, -0.15) is 0 Å². The van der Waals surface area contributed by atoms with Crippen LogP contribution in [0.25, 0.3) is 22.2 Å². The molecule has 35 heavy (non-hydrogen) atoms. The number of carbonyl (C=O) groups is 1. The number of hydrogen-bond donors (Lipinski definition) is 1. The van der Waals surface area contributed by atoms with Gasteiger partial charge in [-0.15, -0.1) is 0 Å². The highest BCUT2D eigenvalue weighted by Gasteiger charge is 2.32. The number of halogens is 2. The Morgan fingerprint density at radius 3 is 2.46 bits per heavy atom. The topological polar surface area (TPSA) is 64.3 Å². The molecule has 182 valence electrons. The summed E-state index contributed by atoms with van der Waals surface area (Å²) in [5.41, 5.74) is 4.12. The Balaban J connectivity index is 1.97. The predicted octanol–water partition coefficient (Wildman–Crippen LogP) is 7.10. The number of carboxylic acid groups (broad SMARTS) is 1. The average molecular weight is 495 g/mol. The molecule has 2 aromatic carbocycles. The lowest BCUT2D eigenvalue weighted by atomic mass is 9.92. The van der Waals surface area contributed by atoms with Gasteiger partial charge in [-0.25, -0.2) is 14.2 Å². The fraction of sp³-hybridized carbons (Fsp3) is 0.286. The maximum absolute atomic E-state index is 14.5. The second-order valence-corrected chi connectivity index (χ2v) is 10.2. The SMILES string of the molecule is Cc1ccc(-c2c(C(OC(C)(C)C)C(=O)O)c(C)nc3c2ccn3Cc2cc(Cl)ccc2F)cc1. The average Bonchev–Trinajstić information content (AvgIpc) is 3.16. The van der Waals surface area contributed by atoms with E-state index in [1.807, 2.05) is 68.8 Å². The molecule has 0 saturated heterocycles. The molecule has 1 unspecified atom stereocenters. The molecule has 0 aliphatic carbocycles. The second kappa shape index (κ2) is 9.44. The Morgan fingerprint density at radius 1 is 1.14 bits per heavy atom. The number of aromatic nitrogens is 2. The first kappa shape index (κ1) is 24.9. The smallest absolute Gasteiger partial charge is 0.337 e. The van der Waals surface area contributed by atoms with Gasteiger partial charge in [0, 0.05) is 39.0 Å². The van der Waals surface area contributed by atoms with Crippen molar-refractivity contribution < 1.29 is 19.0 Å². The molecule has 0 fully saturated rings. The number of aryl methyl sites for hydroxylation is 2. The number of carboxylic acids is 1. The zero-order valence-electron chi connectivity index (χ0n) is 20.4. The monoisotopic (exact) mass is 494 g/mol. The fourth-order valence-corrected chi connectivity index (χ4v) is 4.44. The molecule has 0 spiro atoms. The molecular weight excluding hydrogens is 467 g/mol. The first-order valence-electron chi connectivity index (χ1n) is 11.4. The number of fused-ring (bicyclic) bond motifs is 1. The van der Waals surface area contributed by atoms with Crippen LogP contribution in [0.5, 0.6) is 0 Å². The van der Waals surface area contributed by atoms with E-state index in [4.69, 9.17) is 21.3 Å². The summed E-state index contributed by atoms with van der Waals surface area (Å²) in [5.74, 6) is -1.44. The van der Waals surface area contributed by atoms with E-state index < -0.39 is 17.7 Å². The zero-order chi connectivity index (χ0) is 25.5. The number of benzene rings is 2. The highest BCUT2D eigenvalue weighted by molar-refractivity contribution is 6.30. The van der Waals surface area contributed by atoms with E-state index in [9.17, 15) is 14.3 Å². The summed E-state index contributed by atoms with van der Waals surface area (Å²) in [4.78, 5) is 17.2. The van der Waals surface area contributed by atoms with Gasteiger partial charge in [-0.05, 0) is 64.4 Å². The zero-order valence-corrected chi connectivity index (χ0v) is 21.2. The van der Waals surface area contributed by atoms with E-state index in [-0.39, 0.29) is 12.4 Å². The van der Waals surface area contributed by atoms with Crippen molar-refractivity contribution >= 4 is 28.6 Å². The van der Waals surface area contributed by atoms with Gasteiger partial charge in [-0.3, -0.25) is 0 Å². The van der Waals surface area contributed by atoms with E-state index in [1.165, 1.54) is 12.1 Å². The molecule has 2 heterocycles. The van der Waals surface area contributed by atoms with Crippen LogP contribution in [0, 0.1) is 19.7 Å². The van der Waals surface area contributed by atoms with Gasteiger partial charge in [0.15, 0.2) is 6.10 Å². The van der Waals surface area contributed by atoms with Crippen LogP contribution < -0.4 is 0 Å². The van der Waals surface area contributed by atoms with E-state index in [1.54, 1.807) is 13.0 Å². The van der Waals surface area contributed by atoms with Crippen molar-refractivity contribution in [2.24, 2.45) is 0 Å². The van der Waals surface area contributed by atoms with E-state index >= 15 is 0 Å². The molecule has 2 aromatic heterocycles. The molecule has 0 saturated carbocycles. The van der Waals surface area contributed by atoms with Gasteiger partial charge in [0.25, 0.3) is 0 Å². The molecule has 0 aliphatic rings. The van der Waals surface area contributed by atoms with Crippen molar-refractivity contribution in [1.29, 1.82) is 0 Å². The minimum absolute atomic E-state index is 0.232. The van der Waals surface area contributed by atoms with E-state index in [2.05, 4.69) is 0 Å². The van der Waals surface area contributed by atoms with Crippen LogP contribution >= 0.6 is 11.6 Å². The predicted molar refractivity (Wildman–Crippen MR) is 136 cm³/mol. The molecule has 5 nitrogen and oxygen atoms in total. The third-order valence-electron chi connectivity index (χ3n) is 5.78. The van der Waals surface area contributed by atoms with Gasteiger partial charge in [-0.1, -0.05) is 41.4 Å². The Bertz CT molecular complexity index is 1400. The summed E-state index contributed by atoms with van der Waals surface area (Å²) in [5, 5.41) is 11.4. The molecule has 7 heteroatoms. The third-order valence-corrected chi connectivity index (χ3v) is 6.02. The molecule has 0 radical (unpaired) electrons. The van der Waals surface area contributed by atoms with Gasteiger partial charge in [0.05, 0.1) is 12.1 Å². The van der Waals surface area contributed by atoms with E-state index in [0.29, 0.717) is 27.5 Å². The highest BCUT2D eigenvalue weighted by Crippen LogP contribution is 2.40. The number of hydrogen-bond acceptors (Lipinski definition) is 3. The molecule has 4 aromatic rings. The minimum Gasteiger partial charge on any atom is -0.479 e. The fourth-order valence-electron chi connectivity index (χ4n) is 4.24. The van der Waals surface area contributed by atoms with Gasteiger partial charge >= 0.3 is 5.97 Å². The van der Waals surface area contributed by atoms with Crippen molar-refractivity contribution in [2.75, 3.05) is 0 Å². The molecule has 0 amide bonds. The van der Waals surface area contributed by atoms with Crippen LogP contribution in [0.1, 0.15) is 49.3 Å². The van der Waals surface area contributed by atoms with Crippen molar-refractivity contribution in [1.82, 2.24) is 9.55 Å². The summed E-state index contributed by atoms with van der Waals surface area (Å²) in [6.45, 7) is 9.49. The Hall–Kier alpha value is -3.22. The highest BCUT2D eigenvalue weighted by atomic mass is 35.5. The van der Waals surface area contributed by atoms with Crippen molar-refractivity contribution in [3.63, 3.8) is 0 Å². The lowest BCUT2D eigenvalue weighted by Crippen LogP contribution is -2.28. The lowest BCUT2D eigenvalue weighted by Gasteiger charge is -2.28. The van der Waals surface area contributed by atoms with Crippen LogP contribution in [-0.4, -0.2) is 26.2 Å². The maximum atomic E-state index is 14.5. The first-order valence-corrected chi connectivity index (χ1v) is 11.7. The van der Waals surface area contributed by atoms with Gasteiger partial charge in [0.2, 0.25) is 0 Å². The van der Waals surface area contributed by atoms with Gasteiger partial charge in [0.1, 0.15) is 11.5 Å².